The van der Waals surface area contributed by atoms with Gasteiger partial charge in [-0.25, -0.2) is 0 Å². The van der Waals surface area contributed by atoms with Gasteiger partial charge in [0.1, 0.15) is 0 Å². The van der Waals surface area contributed by atoms with E-state index in [-0.39, 0.29) is 11.8 Å². The van der Waals surface area contributed by atoms with Crippen LogP contribution in [0.5, 0.6) is 0 Å². The summed E-state index contributed by atoms with van der Waals surface area (Å²) in [5, 5.41) is 0.311. The van der Waals surface area contributed by atoms with Gasteiger partial charge in [-0.3, -0.25) is 9.69 Å². The van der Waals surface area contributed by atoms with E-state index in [1.165, 1.54) is 0 Å². The summed E-state index contributed by atoms with van der Waals surface area (Å²) in [6.45, 7) is 4.07. The van der Waals surface area contributed by atoms with Gasteiger partial charge in [-0.2, -0.15) is 12.6 Å². The monoisotopic (exact) mass is 216 g/mol. The summed E-state index contributed by atoms with van der Waals surface area (Å²) in [6.07, 6.45) is 1.95. The van der Waals surface area contributed by atoms with Crippen LogP contribution in [0.4, 0.5) is 0 Å². The Morgan fingerprint density at radius 3 is 2.29 bits per heavy atom. The van der Waals surface area contributed by atoms with Crippen LogP contribution in [0.1, 0.15) is 19.8 Å². The molecule has 0 spiro atoms. The Balaban J connectivity index is 2.39. The number of thiol groups is 1. The highest BCUT2D eigenvalue weighted by atomic mass is 32.1. The first-order chi connectivity index (χ1) is 6.52. The van der Waals surface area contributed by atoms with Crippen molar-refractivity contribution in [1.82, 2.24) is 9.80 Å². The third kappa shape index (κ3) is 2.89. The fraction of sp³-hybridized carbons (Fsp3) is 0.900. The van der Waals surface area contributed by atoms with E-state index in [0.29, 0.717) is 5.37 Å². The molecule has 82 valence electrons. The molecule has 0 saturated carbocycles. The number of carbonyl (C=O) groups excluding carboxylic acids is 1. The summed E-state index contributed by atoms with van der Waals surface area (Å²) in [4.78, 5) is 15.7. The van der Waals surface area contributed by atoms with Crippen LogP contribution in [-0.4, -0.2) is 48.3 Å². The molecule has 0 aromatic rings. The van der Waals surface area contributed by atoms with Gasteiger partial charge in [0.2, 0.25) is 5.91 Å². The Labute approximate surface area is 91.9 Å². The van der Waals surface area contributed by atoms with Crippen LogP contribution in [0, 0.1) is 5.92 Å². The van der Waals surface area contributed by atoms with Crippen molar-refractivity contribution in [3.63, 3.8) is 0 Å². The number of nitrogens with zero attached hydrogens (tertiary/aromatic N) is 2. The number of amides is 1. The summed E-state index contributed by atoms with van der Waals surface area (Å²) in [7, 11) is 3.66. The molecule has 1 rings (SSSR count). The molecule has 1 fully saturated rings. The topological polar surface area (TPSA) is 23.6 Å². The van der Waals surface area contributed by atoms with E-state index < -0.39 is 0 Å². The number of rotatable bonds is 2. The lowest BCUT2D eigenvalue weighted by Crippen LogP contribution is -2.42. The SMILES string of the molecule is CC(S)N1CCC(C(=O)N(C)C)CC1. The Hall–Kier alpha value is -0.220. The number of hydrogen-bond donors (Lipinski definition) is 1. The molecule has 3 nitrogen and oxygen atoms in total. The highest BCUT2D eigenvalue weighted by Crippen LogP contribution is 2.21. The molecule has 0 aliphatic carbocycles. The van der Waals surface area contributed by atoms with Crippen molar-refractivity contribution in [2.24, 2.45) is 5.92 Å². The van der Waals surface area contributed by atoms with E-state index in [1.807, 2.05) is 14.1 Å². The molecule has 1 saturated heterocycles. The summed E-state index contributed by atoms with van der Waals surface area (Å²) in [5.74, 6) is 0.504. The molecule has 0 bridgehead atoms. The lowest BCUT2D eigenvalue weighted by Gasteiger charge is -2.34. The molecular weight excluding hydrogens is 196 g/mol. The lowest BCUT2D eigenvalue weighted by atomic mass is 9.95. The smallest absolute Gasteiger partial charge is 0.225 e. The van der Waals surface area contributed by atoms with Crippen LogP contribution in [0.15, 0.2) is 0 Å². The van der Waals surface area contributed by atoms with Gasteiger partial charge in [0.05, 0.1) is 0 Å². The third-order valence-electron chi connectivity index (χ3n) is 2.85. The number of hydrogen-bond acceptors (Lipinski definition) is 3. The van der Waals surface area contributed by atoms with E-state index >= 15 is 0 Å². The predicted molar refractivity (Wildman–Crippen MR) is 61.4 cm³/mol. The van der Waals surface area contributed by atoms with Crippen LogP contribution in [0.3, 0.4) is 0 Å². The maximum absolute atomic E-state index is 11.7. The van der Waals surface area contributed by atoms with Crippen LogP contribution in [-0.2, 0) is 4.79 Å². The van der Waals surface area contributed by atoms with E-state index in [4.69, 9.17) is 0 Å². The van der Waals surface area contributed by atoms with Gasteiger partial charge in [0, 0.05) is 25.4 Å². The molecule has 0 radical (unpaired) electrons. The maximum atomic E-state index is 11.7. The molecule has 1 aliphatic rings. The number of likely N-dealkylation sites (tertiary alicyclic amines) is 1. The van der Waals surface area contributed by atoms with Crippen molar-refractivity contribution in [1.29, 1.82) is 0 Å². The standard InChI is InChI=1S/C10H20N2OS/c1-8(14)12-6-4-9(5-7-12)10(13)11(2)3/h8-9,14H,4-7H2,1-3H3. The second kappa shape index (κ2) is 5.03. The van der Waals surface area contributed by atoms with E-state index in [1.54, 1.807) is 4.90 Å². The molecule has 0 aromatic carbocycles. The highest BCUT2D eigenvalue weighted by molar-refractivity contribution is 7.80. The minimum atomic E-state index is 0.230. The van der Waals surface area contributed by atoms with E-state index in [0.717, 1.165) is 25.9 Å². The summed E-state index contributed by atoms with van der Waals surface area (Å²) in [5.41, 5.74) is 0. The van der Waals surface area contributed by atoms with Crippen LogP contribution >= 0.6 is 12.6 Å². The highest BCUT2D eigenvalue weighted by Gasteiger charge is 2.26. The van der Waals surface area contributed by atoms with Gasteiger partial charge in [-0.1, -0.05) is 0 Å². The molecule has 1 aliphatic heterocycles. The number of piperidine rings is 1. The third-order valence-corrected chi connectivity index (χ3v) is 3.17. The Bertz CT molecular complexity index is 198. The zero-order valence-electron chi connectivity index (χ0n) is 9.23. The zero-order chi connectivity index (χ0) is 10.7. The largest absolute Gasteiger partial charge is 0.349 e. The second-order valence-corrected chi connectivity index (χ2v) is 4.92. The average Bonchev–Trinajstić information content (AvgIpc) is 2.16. The fourth-order valence-electron chi connectivity index (χ4n) is 1.89. The van der Waals surface area contributed by atoms with Gasteiger partial charge in [-0.15, -0.1) is 0 Å². The first kappa shape index (κ1) is 11.9. The molecule has 1 atom stereocenters. The Kier molecular flexibility index (Phi) is 4.26. The van der Waals surface area contributed by atoms with Crippen molar-refractivity contribution in [3.8, 4) is 0 Å². The quantitative estimate of drug-likeness (QED) is 0.698. The fourth-order valence-corrected chi connectivity index (χ4v) is 2.12. The lowest BCUT2D eigenvalue weighted by molar-refractivity contribution is -0.134. The average molecular weight is 216 g/mol. The first-order valence-electron chi connectivity index (χ1n) is 5.15. The zero-order valence-corrected chi connectivity index (χ0v) is 10.1. The van der Waals surface area contributed by atoms with Gasteiger partial charge in [-0.05, 0) is 32.9 Å². The summed E-state index contributed by atoms with van der Waals surface area (Å²) in [6, 6.07) is 0. The van der Waals surface area contributed by atoms with Crippen molar-refractivity contribution in [3.05, 3.63) is 0 Å². The van der Waals surface area contributed by atoms with Crippen LogP contribution < -0.4 is 0 Å². The normalized spacial score (nSPS) is 22.0. The molecule has 4 heteroatoms. The Morgan fingerprint density at radius 2 is 1.93 bits per heavy atom. The molecule has 0 N–H and O–H groups in total. The molecular formula is C10H20N2OS. The van der Waals surface area contributed by atoms with Crippen molar-refractivity contribution in [2.75, 3.05) is 27.2 Å². The molecule has 1 heterocycles. The van der Waals surface area contributed by atoms with Gasteiger partial charge in [0.25, 0.3) is 0 Å². The predicted octanol–water partition coefficient (Wildman–Crippen LogP) is 1.06. The molecule has 1 amide bonds. The van der Waals surface area contributed by atoms with Crippen molar-refractivity contribution in [2.45, 2.75) is 25.1 Å². The minimum Gasteiger partial charge on any atom is -0.349 e. The molecule has 0 aromatic heterocycles. The molecule has 1 unspecified atom stereocenters. The van der Waals surface area contributed by atoms with Gasteiger partial charge >= 0.3 is 0 Å². The van der Waals surface area contributed by atoms with Crippen molar-refractivity contribution >= 4 is 18.5 Å². The van der Waals surface area contributed by atoms with E-state index in [9.17, 15) is 4.79 Å². The molecule has 14 heavy (non-hydrogen) atoms. The van der Waals surface area contributed by atoms with Crippen LogP contribution in [0.2, 0.25) is 0 Å². The van der Waals surface area contributed by atoms with Crippen molar-refractivity contribution < 1.29 is 4.79 Å². The second-order valence-electron chi connectivity index (χ2n) is 4.17. The van der Waals surface area contributed by atoms with Crippen LogP contribution in [0.25, 0.3) is 0 Å². The Morgan fingerprint density at radius 1 is 1.43 bits per heavy atom. The van der Waals surface area contributed by atoms with Gasteiger partial charge in [0.15, 0.2) is 0 Å². The summed E-state index contributed by atoms with van der Waals surface area (Å²) < 4.78 is 0. The maximum Gasteiger partial charge on any atom is 0.225 e. The summed E-state index contributed by atoms with van der Waals surface area (Å²) >= 11 is 4.39. The van der Waals surface area contributed by atoms with E-state index in [2.05, 4.69) is 24.5 Å². The number of carbonyl (C=O) groups is 1. The minimum absolute atomic E-state index is 0.230. The van der Waals surface area contributed by atoms with Gasteiger partial charge < -0.3 is 4.90 Å². The first-order valence-corrected chi connectivity index (χ1v) is 5.67.